The Balaban J connectivity index is 2.12. The van der Waals surface area contributed by atoms with Crippen LogP contribution in [0.3, 0.4) is 0 Å². The molecule has 0 heterocycles. The molecule has 112 valence electrons. The average Bonchev–Trinajstić information content (AvgIpc) is 2.52. The zero-order valence-electron chi connectivity index (χ0n) is 12.1. The summed E-state index contributed by atoms with van der Waals surface area (Å²) in [5.41, 5.74) is 7.65. The third kappa shape index (κ3) is 4.38. The maximum absolute atomic E-state index is 6.13. The fourth-order valence-electron chi connectivity index (χ4n) is 1.92. The highest BCUT2D eigenvalue weighted by atomic mass is 35.5. The van der Waals surface area contributed by atoms with Crippen molar-refractivity contribution in [1.82, 2.24) is 0 Å². The van der Waals surface area contributed by atoms with E-state index in [4.69, 9.17) is 26.8 Å². The topological polar surface area (TPSA) is 44.5 Å². The van der Waals surface area contributed by atoms with E-state index < -0.39 is 0 Å². The quantitative estimate of drug-likeness (QED) is 0.835. The molecule has 0 saturated heterocycles. The van der Waals surface area contributed by atoms with Gasteiger partial charge < -0.3 is 15.2 Å². The van der Waals surface area contributed by atoms with Crippen LogP contribution in [0.4, 0.5) is 0 Å². The summed E-state index contributed by atoms with van der Waals surface area (Å²) in [6.45, 7) is 3.59. The molecule has 0 amide bonds. The molecule has 0 saturated carbocycles. The summed E-state index contributed by atoms with van der Waals surface area (Å²) in [7, 11) is 0. The number of hydrogen-bond donors (Lipinski definition) is 1. The van der Waals surface area contributed by atoms with Gasteiger partial charge in [-0.1, -0.05) is 42.8 Å². The fraction of sp³-hybridized carbons (Fsp3) is 0.294. The molecule has 0 aliphatic carbocycles. The van der Waals surface area contributed by atoms with E-state index in [9.17, 15) is 0 Å². The summed E-state index contributed by atoms with van der Waals surface area (Å²) in [6, 6.07) is 13.4. The molecule has 0 unspecified atom stereocenters. The van der Waals surface area contributed by atoms with Gasteiger partial charge in [0, 0.05) is 28.8 Å². The summed E-state index contributed by atoms with van der Waals surface area (Å²) in [6.07, 6.45) is 0.967. The molecule has 0 atom stereocenters. The first kappa shape index (κ1) is 15.7. The molecular formula is C17H20ClNO2. The zero-order valence-corrected chi connectivity index (χ0v) is 12.9. The van der Waals surface area contributed by atoms with E-state index in [1.54, 1.807) is 0 Å². The summed E-state index contributed by atoms with van der Waals surface area (Å²) in [4.78, 5) is 0. The molecule has 0 bridgehead atoms. The Morgan fingerprint density at radius 1 is 1.05 bits per heavy atom. The van der Waals surface area contributed by atoms with Crippen molar-refractivity contribution in [2.24, 2.45) is 5.73 Å². The van der Waals surface area contributed by atoms with Crippen LogP contribution in [0.15, 0.2) is 42.5 Å². The molecule has 21 heavy (non-hydrogen) atoms. The summed E-state index contributed by atoms with van der Waals surface area (Å²) < 4.78 is 11.5. The van der Waals surface area contributed by atoms with E-state index >= 15 is 0 Å². The lowest BCUT2D eigenvalue weighted by atomic mass is 10.2. The number of ether oxygens (including phenoxy) is 2. The van der Waals surface area contributed by atoms with Crippen molar-refractivity contribution in [2.75, 3.05) is 6.61 Å². The lowest BCUT2D eigenvalue weighted by Gasteiger charge is -2.13. The Kier molecular flexibility index (Phi) is 5.90. The van der Waals surface area contributed by atoms with Crippen molar-refractivity contribution in [1.29, 1.82) is 0 Å². The van der Waals surface area contributed by atoms with Gasteiger partial charge >= 0.3 is 0 Å². The molecule has 0 radical (unpaired) electrons. The summed E-state index contributed by atoms with van der Waals surface area (Å²) in [5, 5.41) is 0.699. The van der Waals surface area contributed by atoms with Crippen molar-refractivity contribution in [3.63, 3.8) is 0 Å². The first-order chi connectivity index (χ1) is 10.2. The van der Waals surface area contributed by atoms with Crippen LogP contribution >= 0.6 is 11.6 Å². The van der Waals surface area contributed by atoms with Crippen LogP contribution in [0, 0.1) is 0 Å². The molecule has 2 rings (SSSR count). The van der Waals surface area contributed by atoms with Crippen molar-refractivity contribution in [3.8, 4) is 11.5 Å². The SMILES string of the molecule is CCCOc1ccc(CN)c(OCc2ccccc2Cl)c1. The molecule has 0 aliphatic rings. The summed E-state index contributed by atoms with van der Waals surface area (Å²) in [5.74, 6) is 1.54. The normalized spacial score (nSPS) is 10.4. The number of benzene rings is 2. The first-order valence-electron chi connectivity index (χ1n) is 7.06. The third-order valence-corrected chi connectivity index (χ3v) is 3.44. The van der Waals surface area contributed by atoms with Gasteiger partial charge in [-0.25, -0.2) is 0 Å². The van der Waals surface area contributed by atoms with Gasteiger partial charge in [0.25, 0.3) is 0 Å². The van der Waals surface area contributed by atoms with Gasteiger partial charge in [0.15, 0.2) is 0 Å². The second kappa shape index (κ2) is 7.91. The molecule has 4 heteroatoms. The van der Waals surface area contributed by atoms with Crippen LogP contribution < -0.4 is 15.2 Å². The molecule has 0 spiro atoms. The van der Waals surface area contributed by atoms with Gasteiger partial charge in [0.1, 0.15) is 18.1 Å². The average molecular weight is 306 g/mol. The summed E-state index contributed by atoms with van der Waals surface area (Å²) >= 11 is 6.13. The van der Waals surface area contributed by atoms with Gasteiger partial charge in [-0.2, -0.15) is 0 Å². The van der Waals surface area contributed by atoms with E-state index in [1.165, 1.54) is 0 Å². The molecule has 0 fully saturated rings. The van der Waals surface area contributed by atoms with Gasteiger partial charge in [0.2, 0.25) is 0 Å². The Hall–Kier alpha value is -1.71. The molecule has 2 N–H and O–H groups in total. The largest absolute Gasteiger partial charge is 0.493 e. The zero-order chi connectivity index (χ0) is 15.1. The molecule has 2 aromatic carbocycles. The second-order valence-electron chi connectivity index (χ2n) is 4.70. The van der Waals surface area contributed by atoms with Crippen molar-refractivity contribution in [2.45, 2.75) is 26.5 Å². The Labute approximate surface area is 130 Å². The van der Waals surface area contributed by atoms with E-state index in [2.05, 4.69) is 6.92 Å². The van der Waals surface area contributed by atoms with Crippen LogP contribution in [0.1, 0.15) is 24.5 Å². The Morgan fingerprint density at radius 3 is 2.57 bits per heavy atom. The number of halogens is 1. The van der Waals surface area contributed by atoms with E-state index in [-0.39, 0.29) is 0 Å². The van der Waals surface area contributed by atoms with Crippen LogP contribution in [-0.2, 0) is 13.2 Å². The number of rotatable bonds is 7. The predicted molar refractivity (Wildman–Crippen MR) is 85.9 cm³/mol. The number of nitrogens with two attached hydrogens (primary N) is 1. The van der Waals surface area contributed by atoms with E-state index in [1.807, 2.05) is 42.5 Å². The van der Waals surface area contributed by atoms with Crippen LogP contribution in [0.5, 0.6) is 11.5 Å². The number of hydrogen-bond acceptors (Lipinski definition) is 3. The van der Waals surface area contributed by atoms with Crippen molar-refractivity contribution < 1.29 is 9.47 Å². The molecule has 2 aromatic rings. The highest BCUT2D eigenvalue weighted by Gasteiger charge is 2.07. The molecule has 0 aliphatic heterocycles. The molecule has 3 nitrogen and oxygen atoms in total. The minimum atomic E-state index is 0.407. The van der Waals surface area contributed by atoms with Gasteiger partial charge in [-0.15, -0.1) is 0 Å². The Morgan fingerprint density at radius 2 is 1.86 bits per heavy atom. The van der Waals surface area contributed by atoms with Crippen LogP contribution in [0.2, 0.25) is 5.02 Å². The molecular weight excluding hydrogens is 286 g/mol. The van der Waals surface area contributed by atoms with Gasteiger partial charge in [-0.3, -0.25) is 0 Å². The Bertz CT molecular complexity index is 587. The predicted octanol–water partition coefficient (Wildman–Crippen LogP) is 4.17. The smallest absolute Gasteiger partial charge is 0.127 e. The van der Waals surface area contributed by atoms with E-state index in [0.717, 1.165) is 29.0 Å². The lowest BCUT2D eigenvalue weighted by Crippen LogP contribution is -2.04. The minimum Gasteiger partial charge on any atom is -0.493 e. The van der Waals surface area contributed by atoms with Crippen molar-refractivity contribution in [3.05, 3.63) is 58.6 Å². The monoisotopic (exact) mass is 305 g/mol. The fourth-order valence-corrected chi connectivity index (χ4v) is 2.11. The standard InChI is InChI=1S/C17H20ClNO2/c1-2-9-20-15-8-7-13(11-19)17(10-15)21-12-14-5-3-4-6-16(14)18/h3-8,10H,2,9,11-12,19H2,1H3. The maximum Gasteiger partial charge on any atom is 0.127 e. The van der Waals surface area contributed by atoms with Gasteiger partial charge in [-0.05, 0) is 18.6 Å². The molecule has 0 aromatic heterocycles. The third-order valence-electron chi connectivity index (χ3n) is 3.07. The van der Waals surface area contributed by atoms with Crippen molar-refractivity contribution >= 4 is 11.6 Å². The first-order valence-corrected chi connectivity index (χ1v) is 7.44. The highest BCUT2D eigenvalue weighted by molar-refractivity contribution is 6.31. The second-order valence-corrected chi connectivity index (χ2v) is 5.11. The minimum absolute atomic E-state index is 0.407. The lowest BCUT2D eigenvalue weighted by molar-refractivity contribution is 0.292. The van der Waals surface area contributed by atoms with E-state index in [0.29, 0.717) is 24.8 Å². The van der Waals surface area contributed by atoms with Crippen LogP contribution in [0.25, 0.3) is 0 Å². The van der Waals surface area contributed by atoms with Crippen LogP contribution in [-0.4, -0.2) is 6.61 Å². The van der Waals surface area contributed by atoms with Gasteiger partial charge in [0.05, 0.1) is 6.61 Å². The maximum atomic E-state index is 6.13. The highest BCUT2D eigenvalue weighted by Crippen LogP contribution is 2.26.